The maximum Gasteiger partial charge on any atom is 0.0604 e. The lowest BCUT2D eigenvalue weighted by atomic mass is 9.89. The van der Waals surface area contributed by atoms with Crippen molar-refractivity contribution >= 4 is 0 Å². The van der Waals surface area contributed by atoms with Crippen LogP contribution in [0.2, 0.25) is 0 Å². The first-order chi connectivity index (χ1) is 7.81. The second-order valence-corrected chi connectivity index (χ2v) is 4.33. The van der Waals surface area contributed by atoms with Gasteiger partial charge in [0.25, 0.3) is 0 Å². The topological polar surface area (TPSA) is 39.1 Å². The van der Waals surface area contributed by atoms with Gasteiger partial charge in [-0.05, 0) is 26.7 Å². The highest BCUT2D eigenvalue weighted by molar-refractivity contribution is 5.04. The molecule has 0 radical (unpaired) electrons. The van der Waals surface area contributed by atoms with Crippen LogP contribution in [0.15, 0.2) is 12.4 Å². The van der Waals surface area contributed by atoms with Crippen LogP contribution < -0.4 is 5.32 Å². The summed E-state index contributed by atoms with van der Waals surface area (Å²) in [6, 6.07) is 0.626. The highest BCUT2D eigenvalue weighted by Crippen LogP contribution is 2.23. The molecule has 1 fully saturated rings. The molecule has 4 heteroatoms. The second-order valence-electron chi connectivity index (χ2n) is 4.33. The first-order valence-electron chi connectivity index (χ1n) is 6.18. The van der Waals surface area contributed by atoms with E-state index >= 15 is 0 Å². The smallest absolute Gasteiger partial charge is 0.0604 e. The van der Waals surface area contributed by atoms with Crippen LogP contribution in [0.25, 0.3) is 0 Å². The average Bonchev–Trinajstić information content (AvgIpc) is 2.69. The molecular formula is C12H21N3O. The second kappa shape index (κ2) is 5.46. The number of nitrogens with zero attached hydrogens (tertiary/aromatic N) is 2. The quantitative estimate of drug-likeness (QED) is 0.795. The Balaban J connectivity index is 1.65. The van der Waals surface area contributed by atoms with Crippen LogP contribution in [0.3, 0.4) is 0 Å². The zero-order valence-corrected chi connectivity index (χ0v) is 10.1. The van der Waals surface area contributed by atoms with Crippen molar-refractivity contribution in [3.05, 3.63) is 18.0 Å². The maximum atomic E-state index is 5.53. The normalized spacial score (nSPS) is 24.4. The summed E-state index contributed by atoms with van der Waals surface area (Å²) in [4.78, 5) is 0. The number of aryl methyl sites for hydroxylation is 1. The van der Waals surface area contributed by atoms with E-state index in [2.05, 4.69) is 30.5 Å². The third kappa shape index (κ3) is 2.83. The fraction of sp³-hybridized carbons (Fsp3) is 0.750. The fourth-order valence-electron chi connectivity index (χ4n) is 2.04. The molecule has 1 aliphatic rings. The van der Waals surface area contributed by atoms with Crippen LogP contribution >= 0.6 is 0 Å². The predicted molar refractivity (Wildman–Crippen MR) is 63.2 cm³/mol. The van der Waals surface area contributed by atoms with E-state index in [-0.39, 0.29) is 0 Å². The highest BCUT2D eigenvalue weighted by atomic mass is 16.5. The van der Waals surface area contributed by atoms with Crippen molar-refractivity contribution in [1.29, 1.82) is 0 Å². The molecule has 0 aliphatic heterocycles. The third-order valence-corrected chi connectivity index (χ3v) is 3.10. The Morgan fingerprint density at radius 3 is 2.94 bits per heavy atom. The molecule has 0 amide bonds. The number of ether oxygens (including phenoxy) is 1. The number of hydrogen-bond acceptors (Lipinski definition) is 3. The maximum absolute atomic E-state index is 5.53. The summed E-state index contributed by atoms with van der Waals surface area (Å²) in [5, 5.41) is 7.78. The van der Waals surface area contributed by atoms with Crippen LogP contribution in [0.4, 0.5) is 0 Å². The minimum atomic E-state index is 0.487. The van der Waals surface area contributed by atoms with E-state index in [1.807, 2.05) is 10.9 Å². The Morgan fingerprint density at radius 2 is 2.31 bits per heavy atom. The number of rotatable bonds is 6. The van der Waals surface area contributed by atoms with Crippen molar-refractivity contribution < 1.29 is 4.74 Å². The van der Waals surface area contributed by atoms with Crippen LogP contribution in [0.1, 0.15) is 32.3 Å². The van der Waals surface area contributed by atoms with Crippen molar-refractivity contribution in [2.24, 2.45) is 0 Å². The molecule has 0 aromatic carbocycles. The Morgan fingerprint density at radius 1 is 1.50 bits per heavy atom. The molecule has 16 heavy (non-hydrogen) atoms. The number of nitrogens with one attached hydrogen (secondary N) is 1. The fourth-order valence-corrected chi connectivity index (χ4v) is 2.04. The summed E-state index contributed by atoms with van der Waals surface area (Å²) in [7, 11) is 0. The molecule has 0 atom stereocenters. The molecule has 0 unspecified atom stereocenters. The van der Waals surface area contributed by atoms with Gasteiger partial charge in [-0.3, -0.25) is 4.68 Å². The lowest BCUT2D eigenvalue weighted by molar-refractivity contribution is -0.0102. The van der Waals surface area contributed by atoms with Crippen molar-refractivity contribution in [3.63, 3.8) is 0 Å². The van der Waals surface area contributed by atoms with Crippen molar-refractivity contribution in [2.45, 2.75) is 51.9 Å². The lowest BCUT2D eigenvalue weighted by Gasteiger charge is -2.35. The van der Waals surface area contributed by atoms with E-state index in [1.165, 1.54) is 5.56 Å². The van der Waals surface area contributed by atoms with Crippen molar-refractivity contribution in [3.8, 4) is 0 Å². The van der Waals surface area contributed by atoms with Gasteiger partial charge in [0.1, 0.15) is 0 Å². The van der Waals surface area contributed by atoms with Gasteiger partial charge in [0.05, 0.1) is 12.3 Å². The van der Waals surface area contributed by atoms with E-state index in [4.69, 9.17) is 4.74 Å². The Kier molecular flexibility index (Phi) is 3.96. The van der Waals surface area contributed by atoms with Crippen LogP contribution in [0, 0.1) is 0 Å². The van der Waals surface area contributed by atoms with E-state index in [0.29, 0.717) is 12.1 Å². The summed E-state index contributed by atoms with van der Waals surface area (Å²) in [6.45, 7) is 6.85. The van der Waals surface area contributed by atoms with Gasteiger partial charge in [0.2, 0.25) is 0 Å². The van der Waals surface area contributed by atoms with Gasteiger partial charge in [-0.15, -0.1) is 0 Å². The van der Waals surface area contributed by atoms with Gasteiger partial charge < -0.3 is 10.1 Å². The largest absolute Gasteiger partial charge is 0.378 e. The van der Waals surface area contributed by atoms with Crippen LogP contribution in [-0.2, 0) is 17.8 Å². The van der Waals surface area contributed by atoms with E-state index in [9.17, 15) is 0 Å². The molecule has 1 aliphatic carbocycles. The summed E-state index contributed by atoms with van der Waals surface area (Å²) in [5.41, 5.74) is 1.27. The van der Waals surface area contributed by atoms with Crippen LogP contribution in [0.5, 0.6) is 0 Å². The van der Waals surface area contributed by atoms with E-state index < -0.39 is 0 Å². The highest BCUT2D eigenvalue weighted by Gasteiger charge is 2.28. The van der Waals surface area contributed by atoms with E-state index in [0.717, 1.165) is 32.5 Å². The molecular weight excluding hydrogens is 202 g/mol. The molecule has 1 heterocycles. The Hall–Kier alpha value is -0.870. The number of aromatic nitrogens is 2. The first-order valence-corrected chi connectivity index (χ1v) is 6.18. The van der Waals surface area contributed by atoms with Crippen molar-refractivity contribution in [2.75, 3.05) is 6.61 Å². The summed E-state index contributed by atoms with van der Waals surface area (Å²) in [6.07, 6.45) is 6.83. The summed E-state index contributed by atoms with van der Waals surface area (Å²) in [5.74, 6) is 0. The van der Waals surface area contributed by atoms with Gasteiger partial charge in [0.15, 0.2) is 0 Å². The minimum absolute atomic E-state index is 0.487. The zero-order valence-electron chi connectivity index (χ0n) is 10.1. The van der Waals surface area contributed by atoms with Gasteiger partial charge in [0, 0.05) is 37.5 Å². The Bertz CT molecular complexity index is 318. The van der Waals surface area contributed by atoms with Gasteiger partial charge >= 0.3 is 0 Å². The first kappa shape index (κ1) is 11.6. The standard InChI is InChI=1S/C12H21N3O/c1-3-15-9-10(8-14-15)7-13-11-5-12(6-11)16-4-2/h8-9,11-13H,3-7H2,1-2H3. The third-order valence-electron chi connectivity index (χ3n) is 3.10. The SMILES string of the molecule is CCOC1CC(NCc2cnn(CC)c2)C1. The molecule has 1 aromatic heterocycles. The molecule has 2 rings (SSSR count). The lowest BCUT2D eigenvalue weighted by Crippen LogP contribution is -2.45. The van der Waals surface area contributed by atoms with Gasteiger partial charge in [-0.2, -0.15) is 5.10 Å². The molecule has 1 N–H and O–H groups in total. The predicted octanol–water partition coefficient (Wildman–Crippen LogP) is 1.56. The molecule has 1 saturated carbocycles. The van der Waals surface area contributed by atoms with Crippen LogP contribution in [-0.4, -0.2) is 28.5 Å². The summed E-state index contributed by atoms with van der Waals surface area (Å²) >= 11 is 0. The number of hydrogen-bond donors (Lipinski definition) is 1. The van der Waals surface area contributed by atoms with Gasteiger partial charge in [-0.25, -0.2) is 0 Å². The molecule has 0 spiro atoms. The zero-order chi connectivity index (χ0) is 11.4. The monoisotopic (exact) mass is 223 g/mol. The molecule has 0 bridgehead atoms. The van der Waals surface area contributed by atoms with E-state index in [1.54, 1.807) is 0 Å². The average molecular weight is 223 g/mol. The summed E-state index contributed by atoms with van der Waals surface area (Å²) < 4.78 is 7.48. The molecule has 90 valence electrons. The van der Waals surface area contributed by atoms with Gasteiger partial charge in [-0.1, -0.05) is 0 Å². The molecule has 1 aromatic rings. The Labute approximate surface area is 97.0 Å². The van der Waals surface area contributed by atoms with Crippen molar-refractivity contribution in [1.82, 2.24) is 15.1 Å². The minimum Gasteiger partial charge on any atom is -0.378 e. The molecule has 0 saturated heterocycles. The molecule has 4 nitrogen and oxygen atoms in total.